The average molecular weight is 356 g/mol. The lowest BCUT2D eigenvalue weighted by atomic mass is 9.98. The summed E-state index contributed by atoms with van der Waals surface area (Å²) in [7, 11) is 0. The highest BCUT2D eigenvalue weighted by Crippen LogP contribution is 2.23. The van der Waals surface area contributed by atoms with Gasteiger partial charge in [0.05, 0.1) is 11.1 Å². The molecule has 0 saturated carbocycles. The Balaban J connectivity index is 1.64. The number of benzene rings is 4. The average Bonchev–Trinajstić information content (AvgIpc) is 2.67. The van der Waals surface area contributed by atoms with E-state index in [0.29, 0.717) is 0 Å². The maximum absolute atomic E-state index is 11.1. The van der Waals surface area contributed by atoms with Crippen molar-refractivity contribution in [1.29, 1.82) is 0 Å². The van der Waals surface area contributed by atoms with Crippen LogP contribution >= 0.6 is 0 Å². The fraction of sp³-hybridized carbons (Fsp3) is 0.0435. The zero-order valence-corrected chi connectivity index (χ0v) is 14.3. The van der Waals surface area contributed by atoms with Gasteiger partial charge < -0.3 is 10.2 Å². The maximum Gasteiger partial charge on any atom is 0.335 e. The molecule has 4 nitrogen and oxygen atoms in total. The lowest BCUT2D eigenvalue weighted by Gasteiger charge is -2.07. The lowest BCUT2D eigenvalue weighted by Crippen LogP contribution is -1.96. The Morgan fingerprint density at radius 2 is 0.926 bits per heavy atom. The van der Waals surface area contributed by atoms with Gasteiger partial charge in [-0.2, -0.15) is 0 Å². The molecule has 0 heterocycles. The Labute approximate surface area is 155 Å². The summed E-state index contributed by atoms with van der Waals surface area (Å²) in [4.78, 5) is 22.2. The first kappa shape index (κ1) is 16.8. The van der Waals surface area contributed by atoms with Crippen molar-refractivity contribution in [1.82, 2.24) is 0 Å². The van der Waals surface area contributed by atoms with E-state index < -0.39 is 11.9 Å². The van der Waals surface area contributed by atoms with Gasteiger partial charge in [0.2, 0.25) is 0 Å². The Kier molecular flexibility index (Phi) is 4.09. The summed E-state index contributed by atoms with van der Waals surface area (Å²) in [5.74, 6) is -1.86. The second-order valence-electron chi connectivity index (χ2n) is 6.58. The fourth-order valence-corrected chi connectivity index (χ4v) is 3.31. The molecule has 132 valence electrons. The monoisotopic (exact) mass is 356 g/mol. The van der Waals surface area contributed by atoms with Crippen molar-refractivity contribution in [3.05, 3.63) is 95.1 Å². The zero-order chi connectivity index (χ0) is 19.0. The number of hydrogen-bond acceptors (Lipinski definition) is 2. The molecule has 0 aliphatic carbocycles. The molecule has 0 spiro atoms. The van der Waals surface area contributed by atoms with Gasteiger partial charge in [-0.05, 0) is 63.4 Å². The molecule has 4 aromatic rings. The van der Waals surface area contributed by atoms with Gasteiger partial charge in [-0.15, -0.1) is 0 Å². The summed E-state index contributed by atoms with van der Waals surface area (Å²) in [6.45, 7) is 0. The number of carboxylic acid groups (broad SMARTS) is 2. The lowest BCUT2D eigenvalue weighted by molar-refractivity contribution is 0.0686. The van der Waals surface area contributed by atoms with Crippen LogP contribution in [0.3, 0.4) is 0 Å². The molecule has 4 heteroatoms. The number of carbonyl (C=O) groups is 2. The van der Waals surface area contributed by atoms with E-state index in [1.165, 1.54) is 0 Å². The first-order valence-corrected chi connectivity index (χ1v) is 8.51. The summed E-state index contributed by atoms with van der Waals surface area (Å²) < 4.78 is 0. The van der Waals surface area contributed by atoms with Crippen molar-refractivity contribution >= 4 is 33.5 Å². The molecule has 0 atom stereocenters. The van der Waals surface area contributed by atoms with Gasteiger partial charge in [0.15, 0.2) is 0 Å². The van der Waals surface area contributed by atoms with Gasteiger partial charge in [0, 0.05) is 0 Å². The van der Waals surface area contributed by atoms with E-state index in [9.17, 15) is 9.59 Å². The molecular formula is C23H16O4. The molecule has 27 heavy (non-hydrogen) atoms. The molecule has 0 aromatic heterocycles. The molecule has 0 saturated heterocycles. The molecule has 0 radical (unpaired) electrons. The van der Waals surface area contributed by atoms with E-state index in [1.54, 1.807) is 24.3 Å². The molecular weight excluding hydrogens is 340 g/mol. The summed E-state index contributed by atoms with van der Waals surface area (Å²) >= 11 is 0. The second kappa shape index (κ2) is 6.57. The third-order valence-corrected chi connectivity index (χ3v) is 4.71. The van der Waals surface area contributed by atoms with Gasteiger partial charge in [-0.1, -0.05) is 48.5 Å². The fourth-order valence-electron chi connectivity index (χ4n) is 3.31. The van der Waals surface area contributed by atoms with E-state index in [2.05, 4.69) is 12.1 Å². The van der Waals surface area contributed by atoms with Crippen molar-refractivity contribution in [3.8, 4) is 0 Å². The smallest absolute Gasteiger partial charge is 0.335 e. The number of rotatable bonds is 4. The van der Waals surface area contributed by atoms with E-state index in [1.807, 2.05) is 36.4 Å². The first-order valence-electron chi connectivity index (χ1n) is 8.51. The Morgan fingerprint density at radius 1 is 0.556 bits per heavy atom. The van der Waals surface area contributed by atoms with Gasteiger partial charge in [0.25, 0.3) is 0 Å². The first-order chi connectivity index (χ1) is 13.0. The Hall–Kier alpha value is -3.66. The SMILES string of the molecule is O=C(O)c1ccc2cc(Cc3ccc4cc(C(=O)O)ccc4c3)ccc2c1. The van der Waals surface area contributed by atoms with Crippen molar-refractivity contribution in [2.24, 2.45) is 0 Å². The molecule has 0 aliphatic rings. The molecule has 0 unspecified atom stereocenters. The van der Waals surface area contributed by atoms with Crippen molar-refractivity contribution in [3.63, 3.8) is 0 Å². The second-order valence-corrected chi connectivity index (χ2v) is 6.58. The van der Waals surface area contributed by atoms with Crippen molar-refractivity contribution in [2.45, 2.75) is 6.42 Å². The minimum atomic E-state index is -0.928. The van der Waals surface area contributed by atoms with Crippen LogP contribution in [0.5, 0.6) is 0 Å². The van der Waals surface area contributed by atoms with Crippen LogP contribution in [0, 0.1) is 0 Å². The highest BCUT2D eigenvalue weighted by molar-refractivity contribution is 5.95. The van der Waals surface area contributed by atoms with Gasteiger partial charge >= 0.3 is 11.9 Å². The zero-order valence-electron chi connectivity index (χ0n) is 14.3. The number of fused-ring (bicyclic) bond motifs is 2. The van der Waals surface area contributed by atoms with Crippen LogP contribution in [-0.2, 0) is 6.42 Å². The third-order valence-electron chi connectivity index (χ3n) is 4.71. The molecule has 0 amide bonds. The summed E-state index contributed by atoms with van der Waals surface area (Å²) in [6.07, 6.45) is 0.743. The summed E-state index contributed by atoms with van der Waals surface area (Å²) in [5, 5.41) is 22.0. The Morgan fingerprint density at radius 3 is 1.33 bits per heavy atom. The standard InChI is InChI=1S/C23H16O4/c24-22(25)20-7-5-16-10-14(1-3-18(16)12-20)9-15-2-4-19-13-21(23(26)27)8-6-17(19)11-15/h1-8,10-13H,9H2,(H,24,25)(H,26,27). The van der Waals surface area contributed by atoms with Crippen LogP contribution in [0.4, 0.5) is 0 Å². The molecule has 4 aromatic carbocycles. The van der Waals surface area contributed by atoms with E-state index >= 15 is 0 Å². The predicted molar refractivity (Wildman–Crippen MR) is 105 cm³/mol. The third kappa shape index (κ3) is 3.37. The van der Waals surface area contributed by atoms with Crippen LogP contribution in [0.15, 0.2) is 72.8 Å². The summed E-state index contributed by atoms with van der Waals surface area (Å²) in [6, 6.07) is 22.3. The molecule has 4 rings (SSSR count). The minimum Gasteiger partial charge on any atom is -0.478 e. The maximum atomic E-state index is 11.1. The van der Waals surface area contributed by atoms with E-state index in [4.69, 9.17) is 10.2 Å². The van der Waals surface area contributed by atoms with Crippen molar-refractivity contribution < 1.29 is 19.8 Å². The largest absolute Gasteiger partial charge is 0.478 e. The highest BCUT2D eigenvalue weighted by atomic mass is 16.4. The number of aromatic carboxylic acids is 2. The normalized spacial score (nSPS) is 11.0. The van der Waals surface area contributed by atoms with Crippen LogP contribution in [-0.4, -0.2) is 22.2 Å². The summed E-state index contributed by atoms with van der Waals surface area (Å²) in [5.41, 5.74) is 2.83. The quantitative estimate of drug-likeness (QED) is 0.541. The molecule has 0 bridgehead atoms. The topological polar surface area (TPSA) is 74.6 Å². The molecule has 2 N–H and O–H groups in total. The number of hydrogen-bond donors (Lipinski definition) is 2. The van der Waals surface area contributed by atoms with Crippen LogP contribution in [0.2, 0.25) is 0 Å². The van der Waals surface area contributed by atoms with Crippen molar-refractivity contribution in [2.75, 3.05) is 0 Å². The molecule has 0 aliphatic heterocycles. The predicted octanol–water partition coefficient (Wildman–Crippen LogP) is 4.98. The Bertz CT molecular complexity index is 1110. The van der Waals surface area contributed by atoms with Crippen LogP contribution in [0.25, 0.3) is 21.5 Å². The van der Waals surface area contributed by atoms with Crippen LogP contribution in [0.1, 0.15) is 31.8 Å². The van der Waals surface area contributed by atoms with Crippen LogP contribution < -0.4 is 0 Å². The van der Waals surface area contributed by atoms with E-state index in [0.717, 1.165) is 39.1 Å². The molecule has 0 fully saturated rings. The number of carboxylic acids is 2. The highest BCUT2D eigenvalue weighted by Gasteiger charge is 2.06. The minimum absolute atomic E-state index is 0.283. The van der Waals surface area contributed by atoms with Gasteiger partial charge in [-0.3, -0.25) is 0 Å². The van der Waals surface area contributed by atoms with E-state index in [-0.39, 0.29) is 11.1 Å². The van der Waals surface area contributed by atoms with Gasteiger partial charge in [0.1, 0.15) is 0 Å². The van der Waals surface area contributed by atoms with Gasteiger partial charge in [-0.25, -0.2) is 9.59 Å².